The molecule has 0 aliphatic rings. The number of aromatic nitrogens is 2. The van der Waals surface area contributed by atoms with E-state index in [9.17, 15) is 5.11 Å². The fraction of sp³-hybridized carbons (Fsp3) is 0.0952. The van der Waals surface area contributed by atoms with Crippen LogP contribution in [0.2, 0.25) is 5.02 Å². The second-order valence-electron chi connectivity index (χ2n) is 6.26. The van der Waals surface area contributed by atoms with Crippen molar-refractivity contribution in [2.75, 3.05) is 5.32 Å². The van der Waals surface area contributed by atoms with Crippen molar-refractivity contribution in [2.45, 2.75) is 13.8 Å². The molecule has 0 atom stereocenters. The molecule has 0 fully saturated rings. The van der Waals surface area contributed by atoms with Gasteiger partial charge in [0.15, 0.2) is 0 Å². The summed E-state index contributed by atoms with van der Waals surface area (Å²) in [5, 5.41) is 14.1. The largest absolute Gasteiger partial charge is 0.508 e. The molecule has 26 heavy (non-hydrogen) atoms. The number of halogens is 1. The molecule has 0 spiro atoms. The molecule has 0 radical (unpaired) electrons. The zero-order valence-electron chi connectivity index (χ0n) is 14.5. The van der Waals surface area contributed by atoms with E-state index in [1.165, 1.54) is 0 Å². The molecule has 4 aromatic rings. The molecule has 5 heteroatoms. The third-order valence-electron chi connectivity index (χ3n) is 4.48. The molecule has 0 amide bonds. The Bertz CT molecular complexity index is 1120. The Balaban J connectivity index is 1.96. The summed E-state index contributed by atoms with van der Waals surface area (Å²) in [5.41, 5.74) is 5.41. The van der Waals surface area contributed by atoms with Crippen LogP contribution in [0.1, 0.15) is 11.3 Å². The average Bonchev–Trinajstić information content (AvgIpc) is 2.99. The highest BCUT2D eigenvalue weighted by Crippen LogP contribution is 2.35. The van der Waals surface area contributed by atoms with E-state index in [0.717, 1.165) is 39.7 Å². The summed E-state index contributed by atoms with van der Waals surface area (Å²) >= 11 is 6.29. The molecule has 4 nitrogen and oxygen atoms in total. The Kier molecular flexibility index (Phi) is 4.05. The van der Waals surface area contributed by atoms with Crippen LogP contribution in [0.25, 0.3) is 16.9 Å². The van der Waals surface area contributed by atoms with Gasteiger partial charge in [-0.2, -0.15) is 0 Å². The molecular weight excluding hydrogens is 346 g/mol. The SMILES string of the molecule is Cc1c(Cl)cccc1Nc1c(-c2cccc(O)c2)nc2cccc(C)n12. The average molecular weight is 364 g/mol. The summed E-state index contributed by atoms with van der Waals surface area (Å²) in [7, 11) is 0. The summed E-state index contributed by atoms with van der Waals surface area (Å²) in [6, 6.07) is 18.9. The van der Waals surface area contributed by atoms with Crippen LogP contribution in [0.4, 0.5) is 11.5 Å². The number of anilines is 2. The Morgan fingerprint density at radius 1 is 1.00 bits per heavy atom. The quantitative estimate of drug-likeness (QED) is 0.489. The number of phenolic OH excluding ortho intramolecular Hbond substituents is 1. The first-order chi connectivity index (χ1) is 12.5. The predicted molar refractivity (Wildman–Crippen MR) is 107 cm³/mol. The molecule has 4 rings (SSSR count). The second kappa shape index (κ2) is 6.39. The topological polar surface area (TPSA) is 49.6 Å². The van der Waals surface area contributed by atoms with Gasteiger partial charge < -0.3 is 10.4 Å². The zero-order chi connectivity index (χ0) is 18.3. The van der Waals surface area contributed by atoms with Gasteiger partial charge in [0.2, 0.25) is 0 Å². The first-order valence-corrected chi connectivity index (χ1v) is 8.72. The maximum Gasteiger partial charge on any atom is 0.143 e. The van der Waals surface area contributed by atoms with E-state index >= 15 is 0 Å². The van der Waals surface area contributed by atoms with Crippen molar-refractivity contribution >= 4 is 28.8 Å². The predicted octanol–water partition coefficient (Wildman–Crippen LogP) is 5.72. The van der Waals surface area contributed by atoms with E-state index in [-0.39, 0.29) is 5.75 Å². The molecule has 2 N–H and O–H groups in total. The normalized spacial score (nSPS) is 11.0. The van der Waals surface area contributed by atoms with Crippen LogP contribution in [0.5, 0.6) is 5.75 Å². The van der Waals surface area contributed by atoms with Crippen molar-refractivity contribution in [3.8, 4) is 17.0 Å². The highest BCUT2D eigenvalue weighted by atomic mass is 35.5. The monoisotopic (exact) mass is 363 g/mol. The van der Waals surface area contributed by atoms with Gasteiger partial charge in [0.1, 0.15) is 22.9 Å². The van der Waals surface area contributed by atoms with E-state index in [2.05, 4.69) is 9.72 Å². The van der Waals surface area contributed by atoms with Crippen LogP contribution < -0.4 is 5.32 Å². The summed E-state index contributed by atoms with van der Waals surface area (Å²) in [6.07, 6.45) is 0. The number of phenols is 1. The smallest absolute Gasteiger partial charge is 0.143 e. The lowest BCUT2D eigenvalue weighted by molar-refractivity contribution is 0.475. The Morgan fingerprint density at radius 3 is 2.58 bits per heavy atom. The van der Waals surface area contributed by atoms with Gasteiger partial charge in [0.05, 0.1) is 0 Å². The Hall–Kier alpha value is -2.98. The van der Waals surface area contributed by atoms with Gasteiger partial charge in [-0.25, -0.2) is 4.98 Å². The van der Waals surface area contributed by atoms with Gasteiger partial charge >= 0.3 is 0 Å². The fourth-order valence-electron chi connectivity index (χ4n) is 3.09. The van der Waals surface area contributed by atoms with Crippen molar-refractivity contribution in [3.63, 3.8) is 0 Å². The van der Waals surface area contributed by atoms with Gasteiger partial charge in [-0.3, -0.25) is 4.40 Å². The maximum atomic E-state index is 9.89. The number of fused-ring (bicyclic) bond motifs is 1. The molecular formula is C21H18ClN3O. The zero-order valence-corrected chi connectivity index (χ0v) is 15.2. The maximum absolute atomic E-state index is 9.89. The van der Waals surface area contributed by atoms with Crippen LogP contribution in [0.3, 0.4) is 0 Å². The van der Waals surface area contributed by atoms with Crippen molar-refractivity contribution in [1.29, 1.82) is 0 Å². The molecule has 0 saturated heterocycles. The number of aromatic hydroxyl groups is 1. The summed E-state index contributed by atoms with van der Waals surface area (Å²) < 4.78 is 2.07. The molecule has 0 saturated carbocycles. The first-order valence-electron chi connectivity index (χ1n) is 8.34. The van der Waals surface area contributed by atoms with Gasteiger partial charge in [0, 0.05) is 22.0 Å². The van der Waals surface area contributed by atoms with Crippen molar-refractivity contribution in [2.24, 2.45) is 0 Å². The third kappa shape index (κ3) is 2.78. The van der Waals surface area contributed by atoms with E-state index in [1.807, 2.05) is 62.4 Å². The number of nitrogens with zero attached hydrogens (tertiary/aromatic N) is 2. The number of nitrogens with one attached hydrogen (secondary N) is 1. The number of aryl methyl sites for hydroxylation is 1. The van der Waals surface area contributed by atoms with Crippen LogP contribution in [0, 0.1) is 13.8 Å². The van der Waals surface area contributed by atoms with E-state index in [1.54, 1.807) is 12.1 Å². The van der Waals surface area contributed by atoms with Crippen molar-refractivity contribution in [1.82, 2.24) is 9.38 Å². The number of benzene rings is 2. The molecule has 0 bridgehead atoms. The molecule has 0 unspecified atom stereocenters. The van der Waals surface area contributed by atoms with Gasteiger partial charge in [-0.1, -0.05) is 35.9 Å². The molecule has 2 heterocycles. The molecule has 130 valence electrons. The second-order valence-corrected chi connectivity index (χ2v) is 6.66. The van der Waals surface area contributed by atoms with Crippen molar-refractivity contribution < 1.29 is 5.11 Å². The Labute approximate surface area is 156 Å². The first kappa shape index (κ1) is 16.5. The molecule has 0 aliphatic carbocycles. The van der Waals surface area contributed by atoms with Gasteiger partial charge in [-0.15, -0.1) is 0 Å². The minimum Gasteiger partial charge on any atom is -0.508 e. The number of hydrogen-bond acceptors (Lipinski definition) is 3. The highest BCUT2D eigenvalue weighted by molar-refractivity contribution is 6.31. The van der Waals surface area contributed by atoms with E-state index in [0.29, 0.717) is 5.02 Å². The van der Waals surface area contributed by atoms with Gasteiger partial charge in [-0.05, 0) is 55.8 Å². The lowest BCUT2D eigenvalue weighted by Crippen LogP contribution is -2.01. The number of imidazole rings is 1. The number of hydrogen-bond donors (Lipinski definition) is 2. The van der Waals surface area contributed by atoms with Crippen LogP contribution >= 0.6 is 11.6 Å². The minimum absolute atomic E-state index is 0.209. The molecule has 0 aliphatic heterocycles. The Morgan fingerprint density at radius 2 is 1.77 bits per heavy atom. The highest BCUT2D eigenvalue weighted by Gasteiger charge is 2.17. The lowest BCUT2D eigenvalue weighted by Gasteiger charge is -2.13. The van der Waals surface area contributed by atoms with E-state index < -0.39 is 0 Å². The standard InChI is InChI=1S/C21H18ClN3O/c1-13-6-3-11-19-24-20(15-7-4-8-16(26)12-15)21(25(13)19)23-18-10-5-9-17(22)14(18)2/h3-12,23,26H,1-2H3. The number of rotatable bonds is 3. The summed E-state index contributed by atoms with van der Waals surface area (Å²) in [4.78, 5) is 4.79. The van der Waals surface area contributed by atoms with Gasteiger partial charge in [0.25, 0.3) is 0 Å². The van der Waals surface area contributed by atoms with E-state index in [4.69, 9.17) is 16.6 Å². The summed E-state index contributed by atoms with van der Waals surface area (Å²) in [5.74, 6) is 1.05. The van der Waals surface area contributed by atoms with Crippen LogP contribution in [-0.2, 0) is 0 Å². The lowest BCUT2D eigenvalue weighted by atomic mass is 10.1. The molecule has 2 aromatic carbocycles. The minimum atomic E-state index is 0.209. The fourth-order valence-corrected chi connectivity index (χ4v) is 3.27. The number of pyridine rings is 1. The van der Waals surface area contributed by atoms with Crippen molar-refractivity contribution in [3.05, 3.63) is 76.9 Å². The van der Waals surface area contributed by atoms with Crippen LogP contribution in [-0.4, -0.2) is 14.5 Å². The summed E-state index contributed by atoms with van der Waals surface area (Å²) in [6.45, 7) is 4.02. The molecule has 2 aromatic heterocycles. The third-order valence-corrected chi connectivity index (χ3v) is 4.89. The van der Waals surface area contributed by atoms with Crippen LogP contribution in [0.15, 0.2) is 60.7 Å².